The molecule has 1 aliphatic rings. The van der Waals surface area contributed by atoms with Crippen molar-refractivity contribution in [3.8, 4) is 0 Å². The number of benzene rings is 1. The van der Waals surface area contributed by atoms with Crippen molar-refractivity contribution < 1.29 is 4.79 Å². The van der Waals surface area contributed by atoms with Gasteiger partial charge in [-0.25, -0.2) is 4.79 Å². The Labute approximate surface area is 108 Å². The molecule has 2 unspecified atom stereocenters. The number of nitrogen functional groups attached to an aromatic ring is 1. The molecule has 1 fully saturated rings. The minimum absolute atomic E-state index is 0.142. The molecule has 2 amide bonds. The van der Waals surface area contributed by atoms with Gasteiger partial charge in [0.15, 0.2) is 0 Å². The maximum Gasteiger partial charge on any atom is 0.319 e. The molecule has 1 saturated carbocycles. The van der Waals surface area contributed by atoms with E-state index in [-0.39, 0.29) is 6.03 Å². The van der Waals surface area contributed by atoms with E-state index in [4.69, 9.17) is 5.73 Å². The zero-order valence-electron chi connectivity index (χ0n) is 11.2. The first-order valence-electron chi connectivity index (χ1n) is 6.41. The van der Waals surface area contributed by atoms with Gasteiger partial charge >= 0.3 is 6.03 Å². The lowest BCUT2D eigenvalue weighted by Gasteiger charge is -2.11. The molecule has 0 aromatic heterocycles. The van der Waals surface area contributed by atoms with Crippen molar-refractivity contribution in [3.63, 3.8) is 0 Å². The second-order valence-electron chi connectivity index (χ2n) is 5.37. The van der Waals surface area contributed by atoms with Crippen LogP contribution < -0.4 is 16.4 Å². The van der Waals surface area contributed by atoms with Crippen LogP contribution in [-0.4, -0.2) is 12.1 Å². The lowest BCUT2D eigenvalue weighted by molar-refractivity contribution is 0.251. The third-order valence-electron chi connectivity index (χ3n) is 3.64. The first-order valence-corrected chi connectivity index (χ1v) is 6.41. The van der Waals surface area contributed by atoms with Gasteiger partial charge in [0.25, 0.3) is 0 Å². The molecule has 2 rings (SSSR count). The van der Waals surface area contributed by atoms with Crippen LogP contribution in [0.1, 0.15) is 25.8 Å². The fraction of sp³-hybridized carbons (Fsp3) is 0.500. The molecule has 0 spiro atoms. The fourth-order valence-electron chi connectivity index (χ4n) is 2.23. The average molecular weight is 247 g/mol. The number of anilines is 2. The van der Waals surface area contributed by atoms with Crippen molar-refractivity contribution in [1.82, 2.24) is 5.32 Å². The van der Waals surface area contributed by atoms with E-state index < -0.39 is 0 Å². The van der Waals surface area contributed by atoms with Crippen LogP contribution >= 0.6 is 0 Å². The van der Waals surface area contributed by atoms with Crippen molar-refractivity contribution in [2.24, 2.45) is 11.8 Å². The number of amides is 2. The van der Waals surface area contributed by atoms with Gasteiger partial charge in [0.2, 0.25) is 0 Å². The highest BCUT2D eigenvalue weighted by Gasteiger charge is 2.40. The molecule has 0 aliphatic heterocycles. The molecule has 4 N–H and O–H groups in total. The van der Waals surface area contributed by atoms with Gasteiger partial charge in [-0.3, -0.25) is 0 Å². The number of hydrogen-bond acceptors (Lipinski definition) is 2. The second kappa shape index (κ2) is 4.88. The molecule has 1 aromatic rings. The number of carbonyl (C=O) groups is 1. The van der Waals surface area contributed by atoms with Crippen molar-refractivity contribution in [2.75, 3.05) is 11.1 Å². The summed E-state index contributed by atoms with van der Waals surface area (Å²) < 4.78 is 0. The summed E-state index contributed by atoms with van der Waals surface area (Å²) in [6, 6.07) is 5.71. The van der Waals surface area contributed by atoms with Gasteiger partial charge in [-0.2, -0.15) is 0 Å². The molecule has 18 heavy (non-hydrogen) atoms. The summed E-state index contributed by atoms with van der Waals surface area (Å²) in [5.41, 5.74) is 8.17. The Bertz CT molecular complexity index is 456. The van der Waals surface area contributed by atoms with Crippen LogP contribution in [0.4, 0.5) is 16.2 Å². The van der Waals surface area contributed by atoms with E-state index in [2.05, 4.69) is 24.5 Å². The first-order chi connectivity index (χ1) is 8.49. The third-order valence-corrected chi connectivity index (χ3v) is 3.64. The predicted molar refractivity (Wildman–Crippen MR) is 74.5 cm³/mol. The summed E-state index contributed by atoms with van der Waals surface area (Å²) in [6.45, 7) is 6.28. The summed E-state index contributed by atoms with van der Waals surface area (Å²) in [7, 11) is 0. The summed E-state index contributed by atoms with van der Waals surface area (Å²) in [6.07, 6.45) is 1.08. The number of urea groups is 1. The van der Waals surface area contributed by atoms with Gasteiger partial charge in [0.1, 0.15) is 0 Å². The van der Waals surface area contributed by atoms with Crippen molar-refractivity contribution in [2.45, 2.75) is 33.2 Å². The molecule has 2 atom stereocenters. The van der Waals surface area contributed by atoms with Crippen LogP contribution in [-0.2, 0) is 0 Å². The zero-order chi connectivity index (χ0) is 13.3. The predicted octanol–water partition coefficient (Wildman–Crippen LogP) is 2.74. The second-order valence-corrected chi connectivity index (χ2v) is 5.37. The normalized spacial score (nSPS) is 21.8. The van der Waals surface area contributed by atoms with Crippen molar-refractivity contribution in [1.29, 1.82) is 0 Å². The van der Waals surface area contributed by atoms with Gasteiger partial charge in [0.05, 0.1) is 0 Å². The van der Waals surface area contributed by atoms with Gasteiger partial charge in [0, 0.05) is 17.4 Å². The number of carbonyl (C=O) groups excluding carboxylic acids is 1. The highest BCUT2D eigenvalue weighted by Crippen LogP contribution is 2.37. The quantitative estimate of drug-likeness (QED) is 0.719. The van der Waals surface area contributed by atoms with Crippen LogP contribution in [0.5, 0.6) is 0 Å². The monoisotopic (exact) mass is 247 g/mol. The largest absolute Gasteiger partial charge is 0.398 e. The summed E-state index contributed by atoms with van der Waals surface area (Å²) in [5.74, 6) is 1.25. The molecule has 4 heteroatoms. The van der Waals surface area contributed by atoms with Gasteiger partial charge < -0.3 is 16.4 Å². The Morgan fingerprint density at radius 3 is 2.78 bits per heavy atom. The Morgan fingerprint density at radius 1 is 1.44 bits per heavy atom. The number of rotatable bonds is 3. The minimum atomic E-state index is -0.142. The molecule has 0 bridgehead atoms. The molecule has 1 aliphatic carbocycles. The maximum absolute atomic E-state index is 11.8. The Kier molecular flexibility index (Phi) is 3.45. The third kappa shape index (κ3) is 2.75. The smallest absolute Gasteiger partial charge is 0.319 e. The van der Waals surface area contributed by atoms with E-state index in [1.165, 1.54) is 0 Å². The standard InChI is InChI=1S/C14H21N3O/c1-8(2)10-7-13(10)17-14(18)16-12-6-4-5-11(15)9(12)3/h4-6,8,10,13H,7,15H2,1-3H3,(H2,16,17,18). The van der Waals surface area contributed by atoms with Crippen LogP contribution in [0.25, 0.3) is 0 Å². The van der Waals surface area contributed by atoms with E-state index in [1.54, 1.807) is 0 Å². The number of nitrogens with one attached hydrogen (secondary N) is 2. The van der Waals surface area contributed by atoms with E-state index >= 15 is 0 Å². The van der Waals surface area contributed by atoms with E-state index in [1.807, 2.05) is 25.1 Å². The molecular formula is C14H21N3O. The van der Waals surface area contributed by atoms with Crippen molar-refractivity contribution in [3.05, 3.63) is 23.8 Å². The zero-order valence-corrected chi connectivity index (χ0v) is 11.2. The molecule has 98 valence electrons. The van der Waals surface area contributed by atoms with Gasteiger partial charge in [-0.05, 0) is 42.9 Å². The molecule has 4 nitrogen and oxygen atoms in total. The molecule has 0 radical (unpaired) electrons. The molecule has 0 saturated heterocycles. The van der Waals surface area contributed by atoms with E-state index in [9.17, 15) is 4.79 Å². The summed E-state index contributed by atoms with van der Waals surface area (Å²) >= 11 is 0. The van der Waals surface area contributed by atoms with Gasteiger partial charge in [-0.15, -0.1) is 0 Å². The Balaban J connectivity index is 1.90. The lowest BCUT2D eigenvalue weighted by atomic mass is 10.1. The Morgan fingerprint density at radius 2 is 2.17 bits per heavy atom. The lowest BCUT2D eigenvalue weighted by Crippen LogP contribution is -2.32. The van der Waals surface area contributed by atoms with Crippen LogP contribution in [0.15, 0.2) is 18.2 Å². The maximum atomic E-state index is 11.8. The summed E-state index contributed by atoms with van der Waals surface area (Å²) in [4.78, 5) is 11.8. The van der Waals surface area contributed by atoms with Crippen molar-refractivity contribution >= 4 is 17.4 Å². The highest BCUT2D eigenvalue weighted by atomic mass is 16.2. The van der Waals surface area contributed by atoms with Gasteiger partial charge in [-0.1, -0.05) is 19.9 Å². The average Bonchev–Trinajstić information content (AvgIpc) is 3.04. The minimum Gasteiger partial charge on any atom is -0.398 e. The Hall–Kier alpha value is -1.71. The van der Waals surface area contributed by atoms with E-state index in [0.717, 1.165) is 17.7 Å². The van der Waals surface area contributed by atoms with E-state index in [0.29, 0.717) is 23.6 Å². The fourth-order valence-corrected chi connectivity index (χ4v) is 2.23. The SMILES string of the molecule is Cc1c(N)cccc1NC(=O)NC1CC1C(C)C. The number of nitrogens with two attached hydrogens (primary N) is 1. The molecular weight excluding hydrogens is 226 g/mol. The topological polar surface area (TPSA) is 67.1 Å². The highest BCUT2D eigenvalue weighted by molar-refractivity contribution is 5.91. The first kappa shape index (κ1) is 12.7. The molecule has 1 aromatic carbocycles. The summed E-state index contributed by atoms with van der Waals surface area (Å²) in [5, 5.41) is 5.84. The van der Waals surface area contributed by atoms with Crippen LogP contribution in [0.2, 0.25) is 0 Å². The molecule has 0 heterocycles. The van der Waals surface area contributed by atoms with Crippen LogP contribution in [0.3, 0.4) is 0 Å². The number of hydrogen-bond donors (Lipinski definition) is 3. The van der Waals surface area contributed by atoms with Crippen LogP contribution in [0, 0.1) is 18.8 Å².